The number of hydrogen-bond donors (Lipinski definition) is 2. The normalized spacial score (nSPS) is 17.0. The molecule has 5 heteroatoms. The zero-order valence-electron chi connectivity index (χ0n) is 15.2. The minimum atomic E-state index is -0.136. The molecule has 0 bridgehead atoms. The highest BCUT2D eigenvalue weighted by Crippen LogP contribution is 2.40. The minimum Gasteiger partial charge on any atom is -0.484 e. The summed E-state index contributed by atoms with van der Waals surface area (Å²) in [4.78, 5) is 24.2. The molecule has 0 saturated heterocycles. The standard InChI is InChI=1S/C22H24N2O3/c25-20(24-21(16-9-10-16)15-5-2-1-3-6-15)14-27-19-8-4-7-18(13-19)23-22(26)17-11-12-17/h1-8,13,16-17,21H,9-12,14H2,(H,23,26)(H,24,25)/t21-/m0/s1. The van der Waals surface area contributed by atoms with Crippen LogP contribution in [0.3, 0.4) is 0 Å². The molecule has 0 aromatic heterocycles. The summed E-state index contributed by atoms with van der Waals surface area (Å²) in [6.07, 6.45) is 4.21. The lowest BCUT2D eigenvalue weighted by Crippen LogP contribution is -2.33. The summed E-state index contributed by atoms with van der Waals surface area (Å²) in [5.41, 5.74) is 1.84. The molecule has 2 N–H and O–H groups in total. The van der Waals surface area contributed by atoms with Crippen molar-refractivity contribution in [3.63, 3.8) is 0 Å². The van der Waals surface area contributed by atoms with Crippen LogP contribution < -0.4 is 15.4 Å². The van der Waals surface area contributed by atoms with E-state index in [1.807, 2.05) is 30.3 Å². The van der Waals surface area contributed by atoms with Crippen molar-refractivity contribution < 1.29 is 14.3 Å². The molecule has 2 aliphatic carbocycles. The third-order valence-electron chi connectivity index (χ3n) is 4.99. The van der Waals surface area contributed by atoms with Crippen molar-refractivity contribution in [2.75, 3.05) is 11.9 Å². The number of benzene rings is 2. The van der Waals surface area contributed by atoms with Crippen molar-refractivity contribution in [2.45, 2.75) is 31.7 Å². The number of carbonyl (C=O) groups is 2. The van der Waals surface area contributed by atoms with Crippen molar-refractivity contribution in [3.05, 3.63) is 60.2 Å². The Morgan fingerprint density at radius 1 is 1.00 bits per heavy atom. The first-order valence-corrected chi connectivity index (χ1v) is 9.57. The van der Waals surface area contributed by atoms with Gasteiger partial charge in [-0.15, -0.1) is 0 Å². The molecule has 0 aliphatic heterocycles. The minimum absolute atomic E-state index is 0.0456. The summed E-state index contributed by atoms with van der Waals surface area (Å²) in [5, 5.41) is 5.99. The van der Waals surface area contributed by atoms with Gasteiger partial charge in [0.1, 0.15) is 5.75 Å². The Morgan fingerprint density at radius 3 is 2.48 bits per heavy atom. The Kier molecular flexibility index (Phi) is 5.10. The van der Waals surface area contributed by atoms with Crippen molar-refractivity contribution >= 4 is 17.5 Å². The van der Waals surface area contributed by atoms with Gasteiger partial charge >= 0.3 is 0 Å². The van der Waals surface area contributed by atoms with Crippen LogP contribution in [0.1, 0.15) is 37.3 Å². The topological polar surface area (TPSA) is 67.4 Å². The van der Waals surface area contributed by atoms with Gasteiger partial charge in [0.2, 0.25) is 5.91 Å². The molecule has 2 aromatic rings. The lowest BCUT2D eigenvalue weighted by atomic mass is 10.0. The Labute approximate surface area is 159 Å². The largest absolute Gasteiger partial charge is 0.484 e. The predicted molar refractivity (Wildman–Crippen MR) is 103 cm³/mol. The summed E-state index contributed by atoms with van der Waals surface area (Å²) in [6.45, 7) is -0.0456. The lowest BCUT2D eigenvalue weighted by Gasteiger charge is -2.19. The van der Waals surface area contributed by atoms with E-state index >= 15 is 0 Å². The summed E-state index contributed by atoms with van der Waals surface area (Å²) in [7, 11) is 0. The second-order valence-electron chi connectivity index (χ2n) is 7.37. The molecule has 0 unspecified atom stereocenters. The number of carbonyl (C=O) groups excluding carboxylic acids is 2. The van der Waals surface area contributed by atoms with Gasteiger partial charge in [0.15, 0.2) is 6.61 Å². The number of ether oxygens (including phenoxy) is 1. The van der Waals surface area contributed by atoms with Crippen LogP contribution in [0, 0.1) is 11.8 Å². The molecule has 2 aliphatic rings. The van der Waals surface area contributed by atoms with E-state index in [2.05, 4.69) is 22.8 Å². The highest BCUT2D eigenvalue weighted by Gasteiger charge is 2.33. The van der Waals surface area contributed by atoms with E-state index in [1.54, 1.807) is 12.1 Å². The van der Waals surface area contributed by atoms with Gasteiger partial charge in [-0.2, -0.15) is 0 Å². The first kappa shape index (κ1) is 17.6. The van der Waals surface area contributed by atoms with Crippen LogP contribution in [0.5, 0.6) is 5.75 Å². The summed E-state index contributed by atoms with van der Waals surface area (Å²) in [6, 6.07) is 17.3. The number of hydrogen-bond acceptors (Lipinski definition) is 3. The maximum atomic E-state index is 12.4. The molecule has 4 rings (SSSR count). The molecule has 0 radical (unpaired) electrons. The molecule has 0 spiro atoms. The fourth-order valence-corrected chi connectivity index (χ4v) is 3.18. The van der Waals surface area contributed by atoms with Crippen LogP contribution in [0.2, 0.25) is 0 Å². The summed E-state index contributed by atoms with van der Waals surface area (Å²) < 4.78 is 5.64. The van der Waals surface area contributed by atoms with E-state index in [9.17, 15) is 9.59 Å². The van der Waals surface area contributed by atoms with E-state index in [-0.39, 0.29) is 30.4 Å². The summed E-state index contributed by atoms with van der Waals surface area (Å²) >= 11 is 0. The van der Waals surface area contributed by atoms with Gasteiger partial charge in [0.05, 0.1) is 6.04 Å². The van der Waals surface area contributed by atoms with Gasteiger partial charge in [-0.1, -0.05) is 36.4 Å². The van der Waals surface area contributed by atoms with Crippen LogP contribution in [-0.4, -0.2) is 18.4 Å². The molecule has 140 valence electrons. The highest BCUT2D eigenvalue weighted by atomic mass is 16.5. The number of anilines is 1. The van der Waals surface area contributed by atoms with Crippen molar-refractivity contribution in [1.29, 1.82) is 0 Å². The maximum absolute atomic E-state index is 12.4. The average Bonchev–Trinajstić information content (AvgIpc) is 3.58. The zero-order chi connectivity index (χ0) is 18.6. The Morgan fingerprint density at radius 2 is 1.78 bits per heavy atom. The van der Waals surface area contributed by atoms with E-state index in [0.29, 0.717) is 17.4 Å². The van der Waals surface area contributed by atoms with Crippen LogP contribution in [0.15, 0.2) is 54.6 Å². The third-order valence-corrected chi connectivity index (χ3v) is 4.99. The van der Waals surface area contributed by atoms with Crippen molar-refractivity contribution in [1.82, 2.24) is 5.32 Å². The first-order chi connectivity index (χ1) is 13.2. The molecular weight excluding hydrogens is 340 g/mol. The quantitative estimate of drug-likeness (QED) is 0.751. The predicted octanol–water partition coefficient (Wildman–Crippen LogP) is 3.68. The summed E-state index contributed by atoms with van der Waals surface area (Å²) in [5.74, 6) is 1.15. The fraction of sp³-hybridized carbons (Fsp3) is 0.364. The smallest absolute Gasteiger partial charge is 0.258 e. The van der Waals surface area contributed by atoms with E-state index in [4.69, 9.17) is 4.74 Å². The number of nitrogens with one attached hydrogen (secondary N) is 2. The van der Waals surface area contributed by atoms with E-state index in [1.165, 1.54) is 0 Å². The second kappa shape index (κ2) is 7.82. The number of rotatable bonds is 8. The average molecular weight is 364 g/mol. The first-order valence-electron chi connectivity index (χ1n) is 9.57. The van der Waals surface area contributed by atoms with Crippen LogP contribution >= 0.6 is 0 Å². The van der Waals surface area contributed by atoms with Gasteiger partial charge in [-0.25, -0.2) is 0 Å². The Hall–Kier alpha value is -2.82. The molecule has 27 heavy (non-hydrogen) atoms. The van der Waals surface area contributed by atoms with Gasteiger partial charge in [-0.3, -0.25) is 9.59 Å². The van der Waals surface area contributed by atoms with Gasteiger partial charge in [0.25, 0.3) is 5.91 Å². The molecule has 2 saturated carbocycles. The molecular formula is C22H24N2O3. The van der Waals surface area contributed by atoms with Crippen LogP contribution in [0.25, 0.3) is 0 Å². The van der Waals surface area contributed by atoms with Gasteiger partial charge in [-0.05, 0) is 49.3 Å². The Balaban J connectivity index is 1.31. The maximum Gasteiger partial charge on any atom is 0.258 e. The SMILES string of the molecule is O=C(COc1cccc(NC(=O)C2CC2)c1)N[C@@H](c1ccccc1)C1CC1. The molecule has 0 heterocycles. The lowest BCUT2D eigenvalue weighted by molar-refractivity contribution is -0.124. The number of amides is 2. The molecule has 5 nitrogen and oxygen atoms in total. The fourth-order valence-electron chi connectivity index (χ4n) is 3.18. The van der Waals surface area contributed by atoms with E-state index < -0.39 is 0 Å². The Bertz CT molecular complexity index is 813. The molecule has 2 aromatic carbocycles. The second-order valence-corrected chi connectivity index (χ2v) is 7.37. The zero-order valence-corrected chi connectivity index (χ0v) is 15.2. The van der Waals surface area contributed by atoms with Crippen LogP contribution in [-0.2, 0) is 9.59 Å². The highest BCUT2D eigenvalue weighted by molar-refractivity contribution is 5.94. The van der Waals surface area contributed by atoms with Gasteiger partial charge in [0, 0.05) is 17.7 Å². The van der Waals surface area contributed by atoms with Crippen molar-refractivity contribution in [2.24, 2.45) is 11.8 Å². The van der Waals surface area contributed by atoms with Crippen LogP contribution in [0.4, 0.5) is 5.69 Å². The third kappa shape index (κ3) is 4.88. The van der Waals surface area contributed by atoms with Gasteiger partial charge < -0.3 is 15.4 Å². The van der Waals surface area contributed by atoms with E-state index in [0.717, 1.165) is 31.2 Å². The molecule has 2 amide bonds. The monoisotopic (exact) mass is 364 g/mol. The molecule has 2 fully saturated rings. The molecule has 1 atom stereocenters. The van der Waals surface area contributed by atoms with Crippen molar-refractivity contribution in [3.8, 4) is 5.75 Å².